The van der Waals surface area contributed by atoms with Crippen LogP contribution >= 0.6 is 0 Å². The highest BCUT2D eigenvalue weighted by atomic mass is 16.5. The van der Waals surface area contributed by atoms with Crippen molar-refractivity contribution in [2.24, 2.45) is 11.7 Å². The molecule has 0 saturated heterocycles. The molecule has 1 rings (SSSR count). The zero-order valence-corrected chi connectivity index (χ0v) is 12.6. The summed E-state index contributed by atoms with van der Waals surface area (Å²) in [5, 5.41) is 0. The SMILES string of the molecule is CC(C)COCCOCCOc1ccc(CCN)cc1. The second kappa shape index (κ2) is 10.7. The minimum Gasteiger partial charge on any atom is -0.491 e. The van der Waals surface area contributed by atoms with Gasteiger partial charge in [-0.25, -0.2) is 0 Å². The quantitative estimate of drug-likeness (QED) is 0.632. The molecule has 0 bridgehead atoms. The monoisotopic (exact) mass is 281 g/mol. The lowest BCUT2D eigenvalue weighted by Crippen LogP contribution is -2.12. The van der Waals surface area contributed by atoms with Crippen molar-refractivity contribution in [3.05, 3.63) is 29.8 Å². The predicted octanol–water partition coefficient (Wildman–Crippen LogP) is 2.26. The van der Waals surface area contributed by atoms with Gasteiger partial charge in [-0.3, -0.25) is 0 Å². The van der Waals surface area contributed by atoms with Crippen LogP contribution in [0.15, 0.2) is 24.3 Å². The van der Waals surface area contributed by atoms with Gasteiger partial charge in [0.1, 0.15) is 12.4 Å². The van der Waals surface area contributed by atoms with Crippen molar-refractivity contribution in [1.82, 2.24) is 0 Å². The van der Waals surface area contributed by atoms with Crippen LogP contribution < -0.4 is 10.5 Å². The van der Waals surface area contributed by atoms with Gasteiger partial charge in [0.05, 0.1) is 19.8 Å². The number of nitrogens with two attached hydrogens (primary N) is 1. The van der Waals surface area contributed by atoms with Gasteiger partial charge in [-0.1, -0.05) is 26.0 Å². The van der Waals surface area contributed by atoms with E-state index in [0.29, 0.717) is 38.9 Å². The Hall–Kier alpha value is -1.10. The van der Waals surface area contributed by atoms with Crippen LogP contribution in [0.3, 0.4) is 0 Å². The number of ether oxygens (including phenoxy) is 3. The first-order valence-electron chi connectivity index (χ1n) is 7.29. The smallest absolute Gasteiger partial charge is 0.119 e. The Morgan fingerprint density at radius 2 is 1.60 bits per heavy atom. The van der Waals surface area contributed by atoms with Crippen molar-refractivity contribution in [2.75, 3.05) is 39.6 Å². The minimum atomic E-state index is 0.556. The first-order chi connectivity index (χ1) is 9.72. The summed E-state index contributed by atoms with van der Waals surface area (Å²) >= 11 is 0. The van der Waals surface area contributed by atoms with E-state index in [1.807, 2.05) is 24.3 Å². The standard InChI is InChI=1S/C16H27NO3/c1-14(2)13-19-10-9-18-11-12-20-16-5-3-15(4-6-16)7-8-17/h3-6,14H,7-13,17H2,1-2H3. The summed E-state index contributed by atoms with van der Waals surface area (Å²) in [6, 6.07) is 8.03. The van der Waals surface area contributed by atoms with Gasteiger partial charge >= 0.3 is 0 Å². The van der Waals surface area contributed by atoms with Crippen LogP contribution in [-0.2, 0) is 15.9 Å². The molecule has 4 nitrogen and oxygen atoms in total. The van der Waals surface area contributed by atoms with E-state index in [2.05, 4.69) is 13.8 Å². The summed E-state index contributed by atoms with van der Waals surface area (Å²) in [6.45, 7) is 8.12. The van der Waals surface area contributed by atoms with Crippen LogP contribution in [0.4, 0.5) is 0 Å². The number of hydrogen-bond acceptors (Lipinski definition) is 4. The van der Waals surface area contributed by atoms with Gasteiger partial charge < -0.3 is 19.9 Å². The fourth-order valence-corrected chi connectivity index (χ4v) is 1.68. The molecule has 0 fully saturated rings. The van der Waals surface area contributed by atoms with E-state index in [-0.39, 0.29) is 0 Å². The molecule has 2 N–H and O–H groups in total. The second-order valence-electron chi connectivity index (χ2n) is 5.11. The number of rotatable bonds is 11. The Kier molecular flexibility index (Phi) is 9.04. The molecular formula is C16H27NO3. The second-order valence-corrected chi connectivity index (χ2v) is 5.11. The Balaban J connectivity index is 2.00. The third-order valence-electron chi connectivity index (χ3n) is 2.68. The molecule has 0 saturated carbocycles. The maximum absolute atomic E-state index is 5.59. The van der Waals surface area contributed by atoms with Crippen LogP contribution in [0.25, 0.3) is 0 Å². The fourth-order valence-electron chi connectivity index (χ4n) is 1.68. The molecule has 0 aliphatic rings. The maximum atomic E-state index is 5.59. The molecule has 0 aromatic heterocycles. The summed E-state index contributed by atoms with van der Waals surface area (Å²) in [4.78, 5) is 0. The van der Waals surface area contributed by atoms with Crippen LogP contribution in [0.2, 0.25) is 0 Å². The molecule has 0 spiro atoms. The molecule has 0 atom stereocenters. The third kappa shape index (κ3) is 8.15. The average Bonchev–Trinajstić information content (AvgIpc) is 2.43. The van der Waals surface area contributed by atoms with E-state index < -0.39 is 0 Å². The highest BCUT2D eigenvalue weighted by Gasteiger charge is 1.96. The normalized spacial score (nSPS) is 11.0. The van der Waals surface area contributed by atoms with Gasteiger partial charge in [-0.05, 0) is 36.6 Å². The third-order valence-corrected chi connectivity index (χ3v) is 2.68. The van der Waals surface area contributed by atoms with Gasteiger partial charge in [-0.2, -0.15) is 0 Å². The van der Waals surface area contributed by atoms with Gasteiger partial charge in [-0.15, -0.1) is 0 Å². The molecule has 4 heteroatoms. The molecule has 20 heavy (non-hydrogen) atoms. The largest absolute Gasteiger partial charge is 0.491 e. The van der Waals surface area contributed by atoms with E-state index in [4.69, 9.17) is 19.9 Å². The number of hydrogen-bond donors (Lipinski definition) is 1. The average molecular weight is 281 g/mol. The predicted molar refractivity (Wildman–Crippen MR) is 81.2 cm³/mol. The van der Waals surface area contributed by atoms with Gasteiger partial charge in [0.2, 0.25) is 0 Å². The van der Waals surface area contributed by atoms with Crippen molar-refractivity contribution in [3.8, 4) is 5.75 Å². The molecule has 0 radical (unpaired) electrons. The fraction of sp³-hybridized carbons (Fsp3) is 0.625. The van der Waals surface area contributed by atoms with Crippen molar-refractivity contribution in [1.29, 1.82) is 0 Å². The van der Waals surface area contributed by atoms with E-state index in [1.54, 1.807) is 0 Å². The van der Waals surface area contributed by atoms with Crippen molar-refractivity contribution in [2.45, 2.75) is 20.3 Å². The van der Waals surface area contributed by atoms with Gasteiger partial charge in [0.15, 0.2) is 0 Å². The molecule has 0 unspecified atom stereocenters. The van der Waals surface area contributed by atoms with Crippen molar-refractivity contribution in [3.63, 3.8) is 0 Å². The first kappa shape index (κ1) is 17.0. The molecule has 0 aliphatic heterocycles. The van der Waals surface area contributed by atoms with Crippen LogP contribution in [-0.4, -0.2) is 39.6 Å². The van der Waals surface area contributed by atoms with Crippen LogP contribution in [0.1, 0.15) is 19.4 Å². The zero-order valence-electron chi connectivity index (χ0n) is 12.6. The lowest BCUT2D eigenvalue weighted by Gasteiger charge is -2.09. The Labute approximate surface area is 122 Å². The summed E-state index contributed by atoms with van der Waals surface area (Å²) in [6.07, 6.45) is 0.903. The van der Waals surface area contributed by atoms with E-state index in [9.17, 15) is 0 Å². The van der Waals surface area contributed by atoms with Crippen LogP contribution in [0, 0.1) is 5.92 Å². The van der Waals surface area contributed by atoms with E-state index >= 15 is 0 Å². The lowest BCUT2D eigenvalue weighted by molar-refractivity contribution is 0.0282. The molecule has 1 aromatic carbocycles. The lowest BCUT2D eigenvalue weighted by atomic mass is 10.1. The summed E-state index contributed by atoms with van der Waals surface area (Å²) in [5.41, 5.74) is 6.74. The first-order valence-corrected chi connectivity index (χ1v) is 7.29. The van der Waals surface area contributed by atoms with Crippen molar-refractivity contribution >= 4 is 0 Å². The Bertz CT molecular complexity index is 338. The summed E-state index contributed by atoms with van der Waals surface area (Å²) < 4.78 is 16.4. The molecule has 114 valence electrons. The van der Waals surface area contributed by atoms with E-state index in [0.717, 1.165) is 18.8 Å². The molecular weight excluding hydrogens is 254 g/mol. The topological polar surface area (TPSA) is 53.7 Å². The maximum Gasteiger partial charge on any atom is 0.119 e. The van der Waals surface area contributed by atoms with Crippen LogP contribution in [0.5, 0.6) is 5.75 Å². The zero-order chi connectivity index (χ0) is 14.6. The highest BCUT2D eigenvalue weighted by Crippen LogP contribution is 2.12. The minimum absolute atomic E-state index is 0.556. The Morgan fingerprint density at radius 1 is 0.950 bits per heavy atom. The summed E-state index contributed by atoms with van der Waals surface area (Å²) in [7, 11) is 0. The molecule has 0 heterocycles. The van der Waals surface area contributed by atoms with Crippen molar-refractivity contribution < 1.29 is 14.2 Å². The molecule has 0 aliphatic carbocycles. The molecule has 0 amide bonds. The summed E-state index contributed by atoms with van der Waals surface area (Å²) in [5.74, 6) is 1.44. The van der Waals surface area contributed by atoms with E-state index in [1.165, 1.54) is 5.56 Å². The van der Waals surface area contributed by atoms with Gasteiger partial charge in [0, 0.05) is 6.61 Å². The van der Waals surface area contributed by atoms with Gasteiger partial charge in [0.25, 0.3) is 0 Å². The number of benzene rings is 1. The highest BCUT2D eigenvalue weighted by molar-refractivity contribution is 5.27. The Morgan fingerprint density at radius 3 is 2.25 bits per heavy atom. The molecule has 1 aromatic rings.